The van der Waals surface area contributed by atoms with Crippen LogP contribution in [0.25, 0.3) is 11.8 Å². The molecule has 0 spiro atoms. The normalized spacial score (nSPS) is 16.3. The molecule has 118 valence electrons. The van der Waals surface area contributed by atoms with Crippen LogP contribution in [0.1, 0.15) is 17.0 Å². The monoisotopic (exact) mass is 373 g/mol. The number of aromatic nitrogens is 1. The highest BCUT2D eigenvalue weighted by atomic mass is 79.9. The van der Waals surface area contributed by atoms with E-state index in [9.17, 15) is 9.59 Å². The van der Waals surface area contributed by atoms with Gasteiger partial charge in [0.05, 0.1) is 0 Å². The lowest BCUT2D eigenvalue weighted by Crippen LogP contribution is -2.25. The molecule has 0 unspecified atom stereocenters. The van der Waals surface area contributed by atoms with Crippen LogP contribution in [0.15, 0.2) is 40.5 Å². The molecular formula is C17H16BrN3O2. The van der Waals surface area contributed by atoms with E-state index < -0.39 is 6.03 Å². The van der Waals surface area contributed by atoms with Crippen LogP contribution in [0.2, 0.25) is 0 Å². The minimum atomic E-state index is -0.400. The summed E-state index contributed by atoms with van der Waals surface area (Å²) in [4.78, 5) is 24.6. The molecule has 1 aliphatic heterocycles. The Bertz CT molecular complexity index is 834. The van der Waals surface area contributed by atoms with Crippen molar-refractivity contribution in [1.82, 2.24) is 14.8 Å². The number of hydrogen-bond donors (Lipinski definition) is 1. The van der Waals surface area contributed by atoms with E-state index in [4.69, 9.17) is 0 Å². The zero-order valence-electron chi connectivity index (χ0n) is 13.1. The Morgan fingerprint density at radius 1 is 1.13 bits per heavy atom. The predicted molar refractivity (Wildman–Crippen MR) is 92.2 cm³/mol. The Morgan fingerprint density at radius 3 is 2.35 bits per heavy atom. The van der Waals surface area contributed by atoms with Crippen molar-refractivity contribution < 1.29 is 9.59 Å². The lowest BCUT2D eigenvalue weighted by atomic mass is 10.2. The molecule has 1 fully saturated rings. The minimum absolute atomic E-state index is 0.300. The van der Waals surface area contributed by atoms with Crippen molar-refractivity contribution in [3.05, 3.63) is 57.5 Å². The molecule has 5 nitrogen and oxygen atoms in total. The van der Waals surface area contributed by atoms with E-state index in [1.54, 1.807) is 6.08 Å². The van der Waals surface area contributed by atoms with E-state index in [2.05, 4.69) is 25.8 Å². The molecule has 23 heavy (non-hydrogen) atoms. The van der Waals surface area contributed by atoms with Crippen molar-refractivity contribution in [2.75, 3.05) is 7.05 Å². The lowest BCUT2D eigenvalue weighted by molar-refractivity contribution is -0.121. The van der Waals surface area contributed by atoms with Crippen molar-refractivity contribution in [1.29, 1.82) is 0 Å². The minimum Gasteiger partial charge on any atom is -0.318 e. The number of benzene rings is 1. The van der Waals surface area contributed by atoms with Crippen LogP contribution in [0.3, 0.4) is 0 Å². The SMILES string of the molecule is Cc1cc(/C=C2\NC(=O)N(C)C2=O)c(C)n1-c1ccc(Br)cc1. The molecule has 1 aromatic carbocycles. The third-order valence-corrected chi connectivity index (χ3v) is 4.46. The molecule has 1 aliphatic rings. The fourth-order valence-corrected chi connectivity index (χ4v) is 2.96. The Hall–Kier alpha value is -2.34. The first-order valence-electron chi connectivity index (χ1n) is 7.14. The average Bonchev–Trinajstić information content (AvgIpc) is 2.92. The zero-order chi connectivity index (χ0) is 16.7. The van der Waals surface area contributed by atoms with Gasteiger partial charge in [-0.1, -0.05) is 15.9 Å². The van der Waals surface area contributed by atoms with Crippen molar-refractivity contribution in [2.45, 2.75) is 13.8 Å². The number of halogens is 1. The van der Waals surface area contributed by atoms with Gasteiger partial charge in [0.15, 0.2) is 0 Å². The Balaban J connectivity index is 2.03. The first kappa shape index (κ1) is 15.6. The standard InChI is InChI=1S/C17H16BrN3O2/c1-10-8-12(9-15-16(22)20(3)17(23)19-15)11(2)21(10)14-6-4-13(18)5-7-14/h4-9H,1-3H3,(H,19,23)/b15-9-. The summed E-state index contributed by atoms with van der Waals surface area (Å²) in [6.07, 6.45) is 1.72. The third-order valence-electron chi connectivity index (χ3n) is 3.94. The molecule has 1 N–H and O–H groups in total. The summed E-state index contributed by atoms with van der Waals surface area (Å²) in [7, 11) is 1.46. The van der Waals surface area contributed by atoms with E-state index in [0.717, 1.165) is 32.0 Å². The number of aryl methyl sites for hydroxylation is 1. The molecule has 0 atom stereocenters. The van der Waals surface area contributed by atoms with Crippen LogP contribution >= 0.6 is 15.9 Å². The van der Waals surface area contributed by atoms with Gasteiger partial charge in [0.25, 0.3) is 5.91 Å². The molecule has 6 heteroatoms. The van der Waals surface area contributed by atoms with Crippen LogP contribution in [0.5, 0.6) is 0 Å². The Labute approximate surface area is 142 Å². The van der Waals surface area contributed by atoms with Crippen LogP contribution in [0, 0.1) is 13.8 Å². The number of carbonyl (C=O) groups excluding carboxylic acids is 2. The molecule has 0 saturated carbocycles. The smallest absolute Gasteiger partial charge is 0.318 e. The van der Waals surface area contributed by atoms with E-state index in [1.165, 1.54) is 7.05 Å². The highest BCUT2D eigenvalue weighted by molar-refractivity contribution is 9.10. The van der Waals surface area contributed by atoms with Crippen molar-refractivity contribution >= 4 is 33.9 Å². The summed E-state index contributed by atoms with van der Waals surface area (Å²) in [6, 6.07) is 9.63. The number of urea groups is 1. The molecule has 3 amide bonds. The summed E-state index contributed by atoms with van der Waals surface area (Å²) in [5.74, 6) is -0.316. The summed E-state index contributed by atoms with van der Waals surface area (Å²) < 4.78 is 3.14. The maximum absolute atomic E-state index is 12.0. The van der Waals surface area contributed by atoms with Gasteiger partial charge in [-0.25, -0.2) is 4.79 Å². The second-order valence-corrected chi connectivity index (χ2v) is 6.41. The first-order valence-corrected chi connectivity index (χ1v) is 7.93. The number of rotatable bonds is 2. The second kappa shape index (κ2) is 5.70. The molecular weight excluding hydrogens is 358 g/mol. The van der Waals surface area contributed by atoms with Gasteiger partial charge in [0.1, 0.15) is 5.70 Å². The van der Waals surface area contributed by atoms with Gasteiger partial charge in [0, 0.05) is 28.6 Å². The van der Waals surface area contributed by atoms with Gasteiger partial charge in [-0.3, -0.25) is 9.69 Å². The second-order valence-electron chi connectivity index (χ2n) is 5.49. The number of likely N-dealkylation sites (N-methyl/N-ethyl adjacent to an activating group) is 1. The number of carbonyl (C=O) groups is 2. The fourth-order valence-electron chi connectivity index (χ4n) is 2.70. The molecule has 0 aliphatic carbocycles. The Kier molecular flexibility index (Phi) is 3.85. The van der Waals surface area contributed by atoms with Gasteiger partial charge in [-0.15, -0.1) is 0 Å². The molecule has 0 bridgehead atoms. The summed E-state index contributed by atoms with van der Waals surface area (Å²) >= 11 is 3.44. The summed E-state index contributed by atoms with van der Waals surface area (Å²) in [6.45, 7) is 4.00. The van der Waals surface area contributed by atoms with Gasteiger partial charge in [0.2, 0.25) is 0 Å². The van der Waals surface area contributed by atoms with Crippen molar-refractivity contribution in [2.24, 2.45) is 0 Å². The fraction of sp³-hybridized carbons (Fsp3) is 0.176. The van der Waals surface area contributed by atoms with Gasteiger partial charge < -0.3 is 9.88 Å². The van der Waals surface area contributed by atoms with Gasteiger partial charge in [-0.2, -0.15) is 0 Å². The van der Waals surface area contributed by atoms with E-state index in [0.29, 0.717) is 5.70 Å². The number of nitrogens with one attached hydrogen (secondary N) is 1. The van der Waals surface area contributed by atoms with Crippen molar-refractivity contribution in [3.8, 4) is 5.69 Å². The third kappa shape index (κ3) is 2.70. The maximum Gasteiger partial charge on any atom is 0.328 e. The summed E-state index contributed by atoms with van der Waals surface area (Å²) in [5.41, 5.74) is 4.32. The van der Waals surface area contributed by atoms with Crippen molar-refractivity contribution in [3.63, 3.8) is 0 Å². The number of nitrogens with zero attached hydrogens (tertiary/aromatic N) is 2. The largest absolute Gasteiger partial charge is 0.328 e. The molecule has 1 aromatic heterocycles. The number of amides is 3. The van der Waals surface area contributed by atoms with E-state index in [-0.39, 0.29) is 5.91 Å². The quantitative estimate of drug-likeness (QED) is 0.647. The Morgan fingerprint density at radius 2 is 1.78 bits per heavy atom. The summed E-state index contributed by atoms with van der Waals surface area (Å²) in [5, 5.41) is 2.59. The van der Waals surface area contributed by atoms with E-state index >= 15 is 0 Å². The average molecular weight is 374 g/mol. The molecule has 1 saturated heterocycles. The highest BCUT2D eigenvalue weighted by Gasteiger charge is 2.30. The maximum atomic E-state index is 12.0. The predicted octanol–water partition coefficient (Wildman–Crippen LogP) is 3.38. The molecule has 2 heterocycles. The molecule has 2 aromatic rings. The van der Waals surface area contributed by atoms with Gasteiger partial charge >= 0.3 is 6.03 Å². The topological polar surface area (TPSA) is 54.3 Å². The zero-order valence-corrected chi connectivity index (χ0v) is 14.6. The first-order chi connectivity index (χ1) is 10.9. The van der Waals surface area contributed by atoms with Crippen LogP contribution < -0.4 is 5.32 Å². The van der Waals surface area contributed by atoms with Crippen LogP contribution in [-0.2, 0) is 4.79 Å². The van der Waals surface area contributed by atoms with Crippen LogP contribution in [-0.4, -0.2) is 28.5 Å². The van der Waals surface area contributed by atoms with Gasteiger partial charge in [-0.05, 0) is 55.8 Å². The molecule has 3 rings (SSSR count). The number of imide groups is 1. The van der Waals surface area contributed by atoms with E-state index in [1.807, 2.05) is 44.2 Å². The molecule has 0 radical (unpaired) electrons. The highest BCUT2D eigenvalue weighted by Crippen LogP contribution is 2.24. The number of hydrogen-bond acceptors (Lipinski definition) is 2. The lowest BCUT2D eigenvalue weighted by Gasteiger charge is -2.09. The van der Waals surface area contributed by atoms with Crippen LogP contribution in [0.4, 0.5) is 4.79 Å².